The molecule has 6 heteroatoms. The van der Waals surface area contributed by atoms with Gasteiger partial charge in [-0.15, -0.1) is 0 Å². The summed E-state index contributed by atoms with van der Waals surface area (Å²) in [6.07, 6.45) is 0. The van der Waals surface area contributed by atoms with Crippen LogP contribution >= 0.6 is 7.59 Å². The van der Waals surface area contributed by atoms with Gasteiger partial charge in [0.2, 0.25) is 0 Å². The van der Waals surface area contributed by atoms with Crippen molar-refractivity contribution >= 4 is 13.4 Å². The summed E-state index contributed by atoms with van der Waals surface area (Å²) in [5.41, 5.74) is 11.0. The second kappa shape index (κ2) is 3.23. The number of nitrogens with one attached hydrogen (secondary N) is 1. The third-order valence-corrected chi connectivity index (χ3v) is 1.76. The minimum atomic E-state index is -3.22. The fraction of sp³-hybridized carbons (Fsp3) is 0.167. The number of nitrogens with two attached hydrogens (primary N) is 2. The van der Waals surface area contributed by atoms with E-state index in [2.05, 4.69) is 10.1 Å². The van der Waals surface area contributed by atoms with Crippen LogP contribution in [-0.4, -0.2) is 4.98 Å². The van der Waals surface area contributed by atoms with Crippen LogP contribution in [0.5, 0.6) is 0 Å². The Morgan fingerprint density at radius 1 is 1.50 bits per heavy atom. The van der Waals surface area contributed by atoms with Crippen molar-refractivity contribution in [2.45, 2.75) is 6.92 Å². The van der Waals surface area contributed by atoms with Crippen LogP contribution in [0, 0.1) is 6.92 Å². The van der Waals surface area contributed by atoms with Crippen molar-refractivity contribution in [1.29, 1.82) is 0 Å². The molecule has 5 N–H and O–H groups in total. The number of hydrogen-bond acceptors (Lipinski definition) is 2. The van der Waals surface area contributed by atoms with E-state index in [1.54, 1.807) is 12.1 Å². The second-order valence-corrected chi connectivity index (χ2v) is 4.13. The molecule has 5 nitrogen and oxygen atoms in total. The molecule has 1 aromatic rings. The molecule has 1 heterocycles. The lowest BCUT2D eigenvalue weighted by Crippen LogP contribution is -2.13. The molecular weight excluding hydrogens is 175 g/mol. The summed E-state index contributed by atoms with van der Waals surface area (Å²) < 4.78 is 10.9. The molecule has 0 aliphatic heterocycles. The van der Waals surface area contributed by atoms with Gasteiger partial charge in [0.1, 0.15) is 5.82 Å². The number of anilines is 1. The molecule has 0 aliphatic rings. The molecule has 0 unspecified atom stereocenters. The predicted molar refractivity (Wildman–Crippen MR) is 48.6 cm³/mol. The lowest BCUT2D eigenvalue weighted by Gasteiger charge is -2.08. The van der Waals surface area contributed by atoms with Gasteiger partial charge in [0.25, 0.3) is 7.59 Å². The second-order valence-electron chi connectivity index (χ2n) is 2.49. The van der Waals surface area contributed by atoms with Crippen LogP contribution in [-0.2, 0) is 4.57 Å². The molecule has 0 aromatic carbocycles. The maximum absolute atomic E-state index is 10.9. The molecule has 12 heavy (non-hydrogen) atoms. The normalized spacial score (nSPS) is 11.2. The summed E-state index contributed by atoms with van der Waals surface area (Å²) in [6, 6.07) is 5.25. The van der Waals surface area contributed by atoms with Gasteiger partial charge in [-0.25, -0.2) is 4.98 Å². The van der Waals surface area contributed by atoms with E-state index >= 15 is 0 Å². The summed E-state index contributed by atoms with van der Waals surface area (Å²) in [6.45, 7) is 1.82. The minimum absolute atomic E-state index is 0.434. The van der Waals surface area contributed by atoms with Crippen molar-refractivity contribution in [3.63, 3.8) is 0 Å². The van der Waals surface area contributed by atoms with Crippen molar-refractivity contribution < 1.29 is 4.57 Å². The van der Waals surface area contributed by atoms with E-state index in [4.69, 9.17) is 11.0 Å². The smallest absolute Gasteiger partial charge is 0.298 e. The van der Waals surface area contributed by atoms with E-state index in [9.17, 15) is 4.57 Å². The van der Waals surface area contributed by atoms with Crippen LogP contribution in [0.3, 0.4) is 0 Å². The maximum atomic E-state index is 10.9. The molecule has 0 saturated heterocycles. The van der Waals surface area contributed by atoms with E-state index in [0.717, 1.165) is 5.69 Å². The van der Waals surface area contributed by atoms with Crippen molar-refractivity contribution in [2.75, 3.05) is 5.09 Å². The van der Waals surface area contributed by atoms with Crippen molar-refractivity contribution in [3.05, 3.63) is 23.9 Å². The number of pyridine rings is 1. The number of hydrogen-bond donors (Lipinski definition) is 3. The molecule has 1 aromatic heterocycles. The van der Waals surface area contributed by atoms with Crippen LogP contribution < -0.4 is 16.1 Å². The lowest BCUT2D eigenvalue weighted by molar-refractivity contribution is 0.580. The molecule has 0 bridgehead atoms. The monoisotopic (exact) mass is 186 g/mol. The van der Waals surface area contributed by atoms with E-state index in [1.165, 1.54) is 0 Å². The molecule has 0 saturated carbocycles. The highest BCUT2D eigenvalue weighted by Crippen LogP contribution is 2.25. The van der Waals surface area contributed by atoms with Crippen molar-refractivity contribution in [3.8, 4) is 0 Å². The highest BCUT2D eigenvalue weighted by molar-refractivity contribution is 7.60. The van der Waals surface area contributed by atoms with Gasteiger partial charge in [0, 0.05) is 5.69 Å². The Labute approximate surface area is 70.7 Å². The first-order valence-electron chi connectivity index (χ1n) is 3.36. The van der Waals surface area contributed by atoms with Crippen molar-refractivity contribution in [1.82, 2.24) is 4.98 Å². The summed E-state index contributed by atoms with van der Waals surface area (Å²) in [4.78, 5) is 4.02. The zero-order valence-electron chi connectivity index (χ0n) is 6.69. The predicted octanol–water partition coefficient (Wildman–Crippen LogP) is 0.827. The van der Waals surface area contributed by atoms with Crippen LogP contribution in [0.25, 0.3) is 0 Å². The fourth-order valence-corrected chi connectivity index (χ4v) is 1.27. The van der Waals surface area contributed by atoms with Gasteiger partial charge in [-0.1, -0.05) is 6.07 Å². The van der Waals surface area contributed by atoms with Gasteiger partial charge in [-0.2, -0.15) is 0 Å². The first-order valence-corrected chi connectivity index (χ1v) is 5.21. The topological polar surface area (TPSA) is 94.0 Å². The van der Waals surface area contributed by atoms with Gasteiger partial charge >= 0.3 is 0 Å². The Morgan fingerprint density at radius 3 is 2.67 bits per heavy atom. The Bertz CT molecular complexity index is 321. The molecule has 0 amide bonds. The van der Waals surface area contributed by atoms with Gasteiger partial charge in [0.15, 0.2) is 0 Å². The van der Waals surface area contributed by atoms with Gasteiger partial charge in [0.05, 0.1) is 0 Å². The summed E-state index contributed by atoms with van der Waals surface area (Å²) in [7, 11) is -3.22. The zero-order valence-corrected chi connectivity index (χ0v) is 7.58. The molecule has 0 radical (unpaired) electrons. The lowest BCUT2D eigenvalue weighted by atomic mass is 10.4. The van der Waals surface area contributed by atoms with Crippen LogP contribution in [0.15, 0.2) is 18.2 Å². The first-order chi connectivity index (χ1) is 5.47. The number of nitrogens with zero attached hydrogens (tertiary/aromatic N) is 1. The average Bonchev–Trinajstić information content (AvgIpc) is 1.82. The Morgan fingerprint density at radius 2 is 2.17 bits per heavy atom. The van der Waals surface area contributed by atoms with E-state index in [1.807, 2.05) is 13.0 Å². The molecule has 66 valence electrons. The molecule has 1 rings (SSSR count). The third-order valence-electron chi connectivity index (χ3n) is 1.18. The maximum Gasteiger partial charge on any atom is 0.299 e. The molecule has 0 atom stereocenters. The Kier molecular flexibility index (Phi) is 2.47. The van der Waals surface area contributed by atoms with Crippen LogP contribution in [0.2, 0.25) is 0 Å². The third kappa shape index (κ3) is 3.00. The number of aromatic nitrogens is 1. The van der Waals surface area contributed by atoms with Crippen molar-refractivity contribution in [2.24, 2.45) is 11.0 Å². The van der Waals surface area contributed by atoms with Crippen LogP contribution in [0.1, 0.15) is 5.69 Å². The number of aryl methyl sites for hydroxylation is 1. The SMILES string of the molecule is Cc1cccc(NP(N)(N)=O)n1. The Hall–Kier alpha value is -0.900. The van der Waals surface area contributed by atoms with Gasteiger partial charge in [-0.3, -0.25) is 20.7 Å². The highest BCUT2D eigenvalue weighted by Gasteiger charge is 2.07. The van der Waals surface area contributed by atoms with Gasteiger partial charge < -0.3 is 0 Å². The minimum Gasteiger partial charge on any atom is -0.298 e. The molecule has 0 spiro atoms. The average molecular weight is 186 g/mol. The summed E-state index contributed by atoms with van der Waals surface area (Å²) >= 11 is 0. The first kappa shape index (κ1) is 9.19. The molecular formula is C6H11N4OP. The quantitative estimate of drug-likeness (QED) is 0.594. The Balaban J connectivity index is 2.84. The largest absolute Gasteiger partial charge is 0.299 e. The standard InChI is InChI=1S/C6H11N4OP/c1-5-3-2-4-6(9-5)10-12(7,8)11/h2-4H,1H3,(H5,7,8,9,10,11). The molecule has 0 aliphatic carbocycles. The summed E-state index contributed by atoms with van der Waals surface area (Å²) in [5.74, 6) is 0.434. The fourth-order valence-electron chi connectivity index (χ4n) is 0.784. The van der Waals surface area contributed by atoms with Gasteiger partial charge in [-0.05, 0) is 19.1 Å². The summed E-state index contributed by atoms with van der Waals surface area (Å²) in [5, 5.41) is 2.42. The van der Waals surface area contributed by atoms with E-state index in [-0.39, 0.29) is 0 Å². The van der Waals surface area contributed by atoms with E-state index in [0.29, 0.717) is 5.82 Å². The molecule has 0 fully saturated rings. The number of rotatable bonds is 2. The van der Waals surface area contributed by atoms with Crippen LogP contribution in [0.4, 0.5) is 5.82 Å². The van der Waals surface area contributed by atoms with E-state index < -0.39 is 7.59 Å². The highest BCUT2D eigenvalue weighted by atomic mass is 31.2. The zero-order chi connectivity index (χ0) is 9.19.